The Kier molecular flexibility index (Phi) is 3.71. The molecule has 8 heteroatoms. The molecule has 0 radical (unpaired) electrons. The molecule has 3 saturated heterocycles. The van der Waals surface area contributed by atoms with Crippen LogP contribution in [0.15, 0.2) is 42.5 Å². The number of amides is 3. The van der Waals surface area contributed by atoms with E-state index in [0.29, 0.717) is 33.5 Å². The highest BCUT2D eigenvalue weighted by molar-refractivity contribution is 6.32. The van der Waals surface area contributed by atoms with Gasteiger partial charge in [-0.05, 0) is 61.9 Å². The number of carbonyl (C=O) groups is 3. The van der Waals surface area contributed by atoms with Gasteiger partial charge in [0.25, 0.3) is 0 Å². The van der Waals surface area contributed by atoms with Gasteiger partial charge in [-0.25, -0.2) is 4.90 Å². The number of halogens is 2. The lowest BCUT2D eigenvalue weighted by Gasteiger charge is -2.36. The van der Waals surface area contributed by atoms with Crippen LogP contribution in [0.3, 0.4) is 0 Å². The average molecular weight is 442 g/mol. The summed E-state index contributed by atoms with van der Waals surface area (Å²) in [6, 6.07) is 11.7. The second-order valence-corrected chi connectivity index (χ2v) is 9.18. The van der Waals surface area contributed by atoms with Crippen LogP contribution in [0.4, 0.5) is 11.4 Å². The van der Waals surface area contributed by atoms with Crippen LogP contribution >= 0.6 is 23.2 Å². The standard InChI is InChI=1S/C22H17Cl2N3O3/c23-11-3-6-13(7-4-11)27-19(28)17-16-2-1-9-26(16)22(18(17)20(27)29)14-10-12(24)5-8-15(14)25-21(22)30/h3-8,10,16-18H,1-2,9H2,(H,25,30)/t16-,17+,18-,22-/m0/s1. The summed E-state index contributed by atoms with van der Waals surface area (Å²) in [5.41, 5.74) is 0.618. The van der Waals surface area contributed by atoms with Crippen LogP contribution < -0.4 is 10.2 Å². The molecule has 3 fully saturated rings. The van der Waals surface area contributed by atoms with Crippen molar-refractivity contribution in [1.29, 1.82) is 0 Å². The maximum Gasteiger partial charge on any atom is 0.250 e. The molecule has 0 unspecified atom stereocenters. The van der Waals surface area contributed by atoms with Crippen molar-refractivity contribution in [2.45, 2.75) is 24.4 Å². The summed E-state index contributed by atoms with van der Waals surface area (Å²) in [6.45, 7) is 0.665. The molecule has 0 aliphatic carbocycles. The zero-order valence-electron chi connectivity index (χ0n) is 15.8. The van der Waals surface area contributed by atoms with E-state index in [1.807, 2.05) is 0 Å². The van der Waals surface area contributed by atoms with Crippen molar-refractivity contribution >= 4 is 52.3 Å². The molecule has 2 aromatic rings. The van der Waals surface area contributed by atoms with Gasteiger partial charge in [-0.1, -0.05) is 23.2 Å². The van der Waals surface area contributed by atoms with Gasteiger partial charge in [0.2, 0.25) is 17.7 Å². The molecule has 0 saturated carbocycles. The minimum Gasteiger partial charge on any atom is -0.324 e. The molecule has 6 rings (SSSR count). The molecule has 4 heterocycles. The van der Waals surface area contributed by atoms with Crippen molar-refractivity contribution < 1.29 is 14.4 Å². The predicted octanol–water partition coefficient (Wildman–Crippen LogP) is 3.42. The number of anilines is 2. The minimum absolute atomic E-state index is 0.153. The molecule has 30 heavy (non-hydrogen) atoms. The molecule has 4 atom stereocenters. The maximum atomic E-state index is 13.7. The highest BCUT2D eigenvalue weighted by atomic mass is 35.5. The molecule has 152 valence electrons. The summed E-state index contributed by atoms with van der Waals surface area (Å²) < 4.78 is 0. The van der Waals surface area contributed by atoms with Crippen LogP contribution in [0, 0.1) is 11.8 Å². The number of nitrogens with one attached hydrogen (secondary N) is 1. The van der Waals surface area contributed by atoms with Gasteiger partial charge in [-0.15, -0.1) is 0 Å². The van der Waals surface area contributed by atoms with Gasteiger partial charge < -0.3 is 5.32 Å². The Morgan fingerprint density at radius 2 is 1.70 bits per heavy atom. The van der Waals surface area contributed by atoms with Gasteiger partial charge in [-0.3, -0.25) is 19.3 Å². The molecule has 6 nitrogen and oxygen atoms in total. The van der Waals surface area contributed by atoms with Crippen LogP contribution in [-0.2, 0) is 19.9 Å². The Morgan fingerprint density at radius 1 is 0.967 bits per heavy atom. The van der Waals surface area contributed by atoms with E-state index < -0.39 is 17.4 Å². The lowest BCUT2D eigenvalue weighted by Crippen LogP contribution is -2.54. The molecular formula is C22H17Cl2N3O3. The van der Waals surface area contributed by atoms with Crippen LogP contribution in [0.2, 0.25) is 10.0 Å². The molecular weight excluding hydrogens is 425 g/mol. The van der Waals surface area contributed by atoms with Gasteiger partial charge in [0, 0.05) is 27.3 Å². The summed E-state index contributed by atoms with van der Waals surface area (Å²) in [5.74, 6) is -2.19. The van der Waals surface area contributed by atoms with Gasteiger partial charge >= 0.3 is 0 Å². The first-order valence-electron chi connectivity index (χ1n) is 9.96. The Balaban J connectivity index is 1.56. The van der Waals surface area contributed by atoms with Crippen molar-refractivity contribution in [2.24, 2.45) is 11.8 Å². The number of benzene rings is 2. The van der Waals surface area contributed by atoms with Crippen molar-refractivity contribution in [2.75, 3.05) is 16.8 Å². The van der Waals surface area contributed by atoms with E-state index in [-0.39, 0.29) is 23.8 Å². The zero-order valence-corrected chi connectivity index (χ0v) is 17.3. The monoisotopic (exact) mass is 441 g/mol. The van der Waals surface area contributed by atoms with E-state index in [1.54, 1.807) is 42.5 Å². The fourth-order valence-corrected chi connectivity index (χ4v) is 6.32. The smallest absolute Gasteiger partial charge is 0.250 e. The Labute approximate surface area is 182 Å². The van der Waals surface area contributed by atoms with E-state index in [0.717, 1.165) is 12.8 Å². The molecule has 4 aliphatic rings. The van der Waals surface area contributed by atoms with E-state index >= 15 is 0 Å². The maximum absolute atomic E-state index is 13.7. The molecule has 0 aromatic heterocycles. The third-order valence-corrected chi connectivity index (χ3v) is 7.53. The van der Waals surface area contributed by atoms with Crippen LogP contribution in [0.5, 0.6) is 0 Å². The third kappa shape index (κ3) is 2.06. The van der Waals surface area contributed by atoms with Gasteiger partial charge in [-0.2, -0.15) is 0 Å². The number of carbonyl (C=O) groups excluding carboxylic acids is 3. The van der Waals surface area contributed by atoms with E-state index in [1.165, 1.54) is 4.90 Å². The van der Waals surface area contributed by atoms with E-state index in [2.05, 4.69) is 10.2 Å². The second kappa shape index (κ2) is 6.06. The van der Waals surface area contributed by atoms with Gasteiger partial charge in [0.1, 0.15) is 5.54 Å². The number of hydrogen-bond acceptors (Lipinski definition) is 4. The highest BCUT2D eigenvalue weighted by Gasteiger charge is 2.74. The first-order valence-corrected chi connectivity index (χ1v) is 10.7. The first-order chi connectivity index (χ1) is 14.4. The fraction of sp³-hybridized carbons (Fsp3) is 0.318. The fourth-order valence-electron chi connectivity index (χ4n) is 6.02. The number of nitrogens with zero attached hydrogens (tertiary/aromatic N) is 2. The second-order valence-electron chi connectivity index (χ2n) is 8.31. The summed E-state index contributed by atoms with van der Waals surface area (Å²) in [6.07, 6.45) is 1.65. The lowest BCUT2D eigenvalue weighted by atomic mass is 9.75. The van der Waals surface area contributed by atoms with Crippen molar-refractivity contribution in [1.82, 2.24) is 4.90 Å². The quantitative estimate of drug-likeness (QED) is 0.688. The van der Waals surface area contributed by atoms with Gasteiger partial charge in [0.15, 0.2) is 0 Å². The zero-order chi connectivity index (χ0) is 20.8. The third-order valence-electron chi connectivity index (χ3n) is 7.04. The normalized spacial score (nSPS) is 32.0. The van der Waals surface area contributed by atoms with Crippen molar-refractivity contribution in [3.63, 3.8) is 0 Å². The highest BCUT2D eigenvalue weighted by Crippen LogP contribution is 2.60. The van der Waals surface area contributed by atoms with Crippen LogP contribution in [0.1, 0.15) is 18.4 Å². The number of rotatable bonds is 1. The summed E-state index contributed by atoms with van der Waals surface area (Å²) >= 11 is 12.3. The van der Waals surface area contributed by atoms with Crippen LogP contribution in [0.25, 0.3) is 0 Å². The SMILES string of the molecule is O=C1[C@H]2[C@@H](C(=O)N1c1ccc(Cl)cc1)[C@@]1(C(=O)Nc3ccc(Cl)cc31)N1CCC[C@@H]21. The average Bonchev–Trinajstić information content (AvgIpc) is 3.42. The number of imide groups is 1. The van der Waals surface area contributed by atoms with E-state index in [9.17, 15) is 14.4 Å². The predicted molar refractivity (Wildman–Crippen MR) is 112 cm³/mol. The molecule has 3 amide bonds. The molecule has 2 aromatic carbocycles. The summed E-state index contributed by atoms with van der Waals surface area (Å²) in [4.78, 5) is 44.1. The Bertz CT molecular complexity index is 1130. The Hall–Kier alpha value is -2.41. The lowest BCUT2D eigenvalue weighted by molar-refractivity contribution is -0.135. The molecule has 1 spiro atoms. The topological polar surface area (TPSA) is 69.7 Å². The Morgan fingerprint density at radius 3 is 2.47 bits per heavy atom. The largest absolute Gasteiger partial charge is 0.324 e. The molecule has 4 aliphatic heterocycles. The molecule has 1 N–H and O–H groups in total. The summed E-state index contributed by atoms with van der Waals surface area (Å²) in [5, 5.41) is 3.96. The minimum atomic E-state index is -1.21. The van der Waals surface area contributed by atoms with Crippen LogP contribution in [-0.4, -0.2) is 35.2 Å². The first kappa shape index (κ1) is 18.4. The van der Waals surface area contributed by atoms with Gasteiger partial charge in [0.05, 0.1) is 17.5 Å². The number of hydrogen-bond donors (Lipinski definition) is 1. The molecule has 0 bridgehead atoms. The van der Waals surface area contributed by atoms with E-state index in [4.69, 9.17) is 23.2 Å². The number of fused-ring (bicyclic) bond motifs is 7. The van der Waals surface area contributed by atoms with Crippen molar-refractivity contribution in [3.05, 3.63) is 58.1 Å². The summed E-state index contributed by atoms with van der Waals surface area (Å²) in [7, 11) is 0. The van der Waals surface area contributed by atoms with Crippen molar-refractivity contribution in [3.8, 4) is 0 Å².